The maximum absolute atomic E-state index is 2.54. The minimum absolute atomic E-state index is 0.172. The fourth-order valence-corrected chi connectivity index (χ4v) is 8.34. The smallest absolute Gasteiger partial charge is 0.0192 e. The molecule has 0 saturated heterocycles. The molecule has 0 amide bonds. The summed E-state index contributed by atoms with van der Waals surface area (Å²) in [4.78, 5) is 0. The van der Waals surface area contributed by atoms with Gasteiger partial charge < -0.3 is 0 Å². The Morgan fingerprint density at radius 3 is 1.15 bits per heavy atom. The molecular formula is C47H40. The Hall–Kier alpha value is -5.20. The highest BCUT2D eigenvalue weighted by atomic mass is 14.5. The van der Waals surface area contributed by atoms with Crippen LogP contribution in [-0.4, -0.2) is 0 Å². The van der Waals surface area contributed by atoms with Gasteiger partial charge >= 0.3 is 0 Å². The van der Waals surface area contributed by atoms with Gasteiger partial charge in [-0.1, -0.05) is 178 Å². The predicted molar refractivity (Wildman–Crippen MR) is 201 cm³/mol. The molecule has 0 unspecified atom stereocenters. The van der Waals surface area contributed by atoms with E-state index < -0.39 is 0 Å². The summed E-state index contributed by atoms with van der Waals surface area (Å²) in [6, 6.07) is 58.4. The van der Waals surface area contributed by atoms with Crippen molar-refractivity contribution in [1.29, 1.82) is 0 Å². The van der Waals surface area contributed by atoms with Crippen molar-refractivity contribution in [3.8, 4) is 22.3 Å². The summed E-state index contributed by atoms with van der Waals surface area (Å²) in [5, 5.41) is 0. The maximum Gasteiger partial charge on any atom is 0.0192 e. The second kappa shape index (κ2) is 12.2. The molecule has 0 atom stereocenters. The quantitative estimate of drug-likeness (QED) is 0.162. The van der Waals surface area contributed by atoms with Gasteiger partial charge in [-0.2, -0.15) is 0 Å². The number of hydrogen-bond acceptors (Lipinski definition) is 0. The Morgan fingerprint density at radius 1 is 0.404 bits per heavy atom. The summed E-state index contributed by atoms with van der Waals surface area (Å²) in [6.07, 6.45) is 4.11. The monoisotopic (exact) mass is 604 g/mol. The van der Waals surface area contributed by atoms with Crippen LogP contribution in [0.25, 0.3) is 44.5 Å². The lowest BCUT2D eigenvalue weighted by atomic mass is 9.66. The van der Waals surface area contributed by atoms with Crippen LogP contribution in [0.1, 0.15) is 60.1 Å². The van der Waals surface area contributed by atoms with E-state index in [0.29, 0.717) is 0 Å². The van der Waals surface area contributed by atoms with Crippen LogP contribution >= 0.6 is 0 Å². The Morgan fingerprint density at radius 2 is 0.745 bits per heavy atom. The zero-order valence-corrected chi connectivity index (χ0v) is 27.3. The average molecular weight is 605 g/mol. The van der Waals surface area contributed by atoms with E-state index in [1.807, 2.05) is 0 Å². The molecule has 8 rings (SSSR count). The molecule has 0 nitrogen and oxygen atoms in total. The molecule has 6 aromatic rings. The molecule has 2 aliphatic rings. The molecular weight excluding hydrogens is 565 g/mol. The molecule has 0 fully saturated rings. The van der Waals surface area contributed by atoms with E-state index in [-0.39, 0.29) is 5.41 Å². The molecule has 228 valence electrons. The van der Waals surface area contributed by atoms with Crippen LogP contribution in [0.4, 0.5) is 0 Å². The predicted octanol–water partition coefficient (Wildman–Crippen LogP) is 12.5. The molecule has 0 bridgehead atoms. The van der Waals surface area contributed by atoms with E-state index in [2.05, 4.69) is 172 Å². The van der Waals surface area contributed by atoms with Crippen molar-refractivity contribution in [2.75, 3.05) is 0 Å². The molecule has 0 radical (unpaired) electrons. The van der Waals surface area contributed by atoms with Gasteiger partial charge in [0.1, 0.15) is 0 Å². The summed E-state index contributed by atoms with van der Waals surface area (Å²) >= 11 is 0. The molecule has 47 heavy (non-hydrogen) atoms. The maximum atomic E-state index is 2.54. The van der Waals surface area contributed by atoms with Crippen LogP contribution in [-0.2, 0) is 12.8 Å². The van der Waals surface area contributed by atoms with Gasteiger partial charge in [0, 0.05) is 5.41 Å². The third-order valence-corrected chi connectivity index (χ3v) is 10.4. The van der Waals surface area contributed by atoms with Gasteiger partial charge in [0.2, 0.25) is 0 Å². The van der Waals surface area contributed by atoms with E-state index in [9.17, 15) is 0 Å². The minimum Gasteiger partial charge on any atom is -0.0653 e. The first-order chi connectivity index (χ1) is 23.1. The molecule has 6 aromatic carbocycles. The Kier molecular flexibility index (Phi) is 7.58. The Labute approximate surface area is 279 Å². The molecule has 0 spiro atoms. The number of benzene rings is 6. The van der Waals surface area contributed by atoms with Crippen molar-refractivity contribution in [2.45, 2.75) is 39.5 Å². The van der Waals surface area contributed by atoms with Crippen molar-refractivity contribution in [3.63, 3.8) is 0 Å². The first-order valence-electron chi connectivity index (χ1n) is 17.1. The fourth-order valence-electron chi connectivity index (χ4n) is 8.34. The van der Waals surface area contributed by atoms with E-state index in [1.165, 1.54) is 77.9 Å². The molecule has 0 heteroatoms. The first-order valence-corrected chi connectivity index (χ1v) is 17.1. The minimum atomic E-state index is -0.172. The highest BCUT2D eigenvalue weighted by molar-refractivity contribution is 6.10. The first kappa shape index (κ1) is 29.2. The van der Waals surface area contributed by atoms with Gasteiger partial charge in [0.25, 0.3) is 0 Å². The van der Waals surface area contributed by atoms with E-state index in [4.69, 9.17) is 0 Å². The van der Waals surface area contributed by atoms with Crippen molar-refractivity contribution in [2.24, 2.45) is 5.41 Å². The summed E-state index contributed by atoms with van der Waals surface area (Å²) < 4.78 is 0. The normalized spacial score (nSPS) is 14.0. The SMILES string of the molecule is CCCC(C)(C1=C(c2ccc(-c3ccccc3)cc2)Cc2ccccc21)C1=C(c2ccc(-c3ccccc3)cc2)Cc2ccccc21. The number of hydrogen-bond donors (Lipinski definition) is 0. The van der Waals surface area contributed by atoms with Gasteiger partial charge in [-0.25, -0.2) is 0 Å². The third-order valence-electron chi connectivity index (χ3n) is 10.4. The van der Waals surface area contributed by atoms with Crippen molar-refractivity contribution in [3.05, 3.63) is 191 Å². The fraction of sp³-hybridized carbons (Fsp3) is 0.149. The number of rotatable bonds is 8. The van der Waals surface area contributed by atoms with E-state index >= 15 is 0 Å². The second-order valence-corrected chi connectivity index (χ2v) is 13.3. The van der Waals surface area contributed by atoms with Crippen LogP contribution in [0.3, 0.4) is 0 Å². The second-order valence-electron chi connectivity index (χ2n) is 13.3. The Bertz CT molecular complexity index is 1960. The summed E-state index contributed by atoms with van der Waals surface area (Å²) in [7, 11) is 0. The van der Waals surface area contributed by atoms with Crippen molar-refractivity contribution in [1.82, 2.24) is 0 Å². The van der Waals surface area contributed by atoms with E-state index in [1.54, 1.807) is 0 Å². The summed E-state index contributed by atoms with van der Waals surface area (Å²) in [6.45, 7) is 4.89. The lowest BCUT2D eigenvalue weighted by Crippen LogP contribution is -2.21. The highest BCUT2D eigenvalue weighted by Gasteiger charge is 2.43. The molecule has 0 heterocycles. The standard InChI is InChI=1S/C47H40/c1-3-30-47(2,45-41-20-12-10-18-39(41)31-43(45)37-26-22-35(23-27-37)33-14-6-4-7-15-33)46-42-21-13-11-19-40(42)32-44(46)38-28-24-36(25-29-38)34-16-8-5-9-17-34/h4-29H,3,30-32H2,1-2H3. The van der Waals surface area contributed by atoms with Gasteiger partial charge in [0.15, 0.2) is 0 Å². The summed E-state index contributed by atoms with van der Waals surface area (Å²) in [5.74, 6) is 0. The van der Waals surface area contributed by atoms with Crippen molar-refractivity contribution < 1.29 is 0 Å². The van der Waals surface area contributed by atoms with Gasteiger partial charge in [-0.05, 0) is 97.2 Å². The van der Waals surface area contributed by atoms with Crippen LogP contribution in [0.15, 0.2) is 158 Å². The molecule has 2 aliphatic carbocycles. The third kappa shape index (κ3) is 5.19. The van der Waals surface area contributed by atoms with Crippen molar-refractivity contribution >= 4 is 22.3 Å². The Balaban J connectivity index is 1.32. The van der Waals surface area contributed by atoms with Gasteiger partial charge in [-0.3, -0.25) is 0 Å². The summed E-state index contributed by atoms with van der Waals surface area (Å²) in [5.41, 5.74) is 19.2. The van der Waals surface area contributed by atoms with Crippen LogP contribution < -0.4 is 0 Å². The molecule has 0 aliphatic heterocycles. The zero-order valence-electron chi connectivity index (χ0n) is 27.3. The molecule has 0 aromatic heterocycles. The number of allylic oxidation sites excluding steroid dienone is 4. The lowest BCUT2D eigenvalue weighted by Gasteiger charge is -2.37. The van der Waals surface area contributed by atoms with Crippen LogP contribution in [0.2, 0.25) is 0 Å². The van der Waals surface area contributed by atoms with Crippen LogP contribution in [0.5, 0.6) is 0 Å². The average Bonchev–Trinajstić information content (AvgIpc) is 3.73. The van der Waals surface area contributed by atoms with Crippen LogP contribution in [0, 0.1) is 5.41 Å². The largest absolute Gasteiger partial charge is 0.0653 e. The molecule has 0 saturated carbocycles. The number of fused-ring (bicyclic) bond motifs is 2. The van der Waals surface area contributed by atoms with E-state index in [0.717, 1.165) is 25.7 Å². The molecule has 0 N–H and O–H groups in total. The highest BCUT2D eigenvalue weighted by Crippen LogP contribution is 2.60. The van der Waals surface area contributed by atoms with Gasteiger partial charge in [0.05, 0.1) is 0 Å². The lowest BCUT2D eigenvalue weighted by molar-refractivity contribution is 0.531. The van der Waals surface area contributed by atoms with Gasteiger partial charge in [-0.15, -0.1) is 0 Å². The topological polar surface area (TPSA) is 0 Å². The zero-order chi connectivity index (χ0) is 31.8.